The highest BCUT2D eigenvalue weighted by molar-refractivity contribution is 14.1. The summed E-state index contributed by atoms with van der Waals surface area (Å²) in [5.41, 5.74) is 0. The molecular weight excluding hydrogens is 480 g/mol. The van der Waals surface area contributed by atoms with Crippen molar-refractivity contribution in [3.8, 4) is 0 Å². The third-order valence-electron chi connectivity index (χ3n) is 3.51. The Morgan fingerprint density at radius 1 is 0.750 bits per heavy atom. The van der Waals surface area contributed by atoms with Crippen LogP contribution in [-0.4, -0.2) is 33.8 Å². The normalized spacial score (nSPS) is 17.8. The Balaban J connectivity index is 5.84. The molecule has 0 aliphatic heterocycles. The van der Waals surface area contributed by atoms with Crippen molar-refractivity contribution in [3.63, 3.8) is 0 Å². The summed E-state index contributed by atoms with van der Waals surface area (Å²) in [6, 6.07) is 0. The summed E-state index contributed by atoms with van der Waals surface area (Å²) in [6.45, 7) is 2.03. The molecule has 146 valence electrons. The number of unbranched alkanes of at least 4 members (excludes halogenated alkanes) is 1. The van der Waals surface area contributed by atoms with Crippen LogP contribution in [0.1, 0.15) is 33.1 Å². The number of hydrogen-bond acceptors (Lipinski definition) is 0. The molecule has 0 aromatic carbocycles. The predicted octanol–water partition coefficient (Wildman–Crippen LogP) is 6.72. The topological polar surface area (TPSA) is 0 Å². The van der Waals surface area contributed by atoms with E-state index in [-0.39, 0.29) is 12.8 Å². The highest BCUT2D eigenvalue weighted by Crippen LogP contribution is 2.59. The van der Waals surface area contributed by atoms with Crippen molar-refractivity contribution >= 4 is 22.6 Å². The van der Waals surface area contributed by atoms with Crippen LogP contribution in [0.25, 0.3) is 0 Å². The fraction of sp³-hybridized carbons (Fsp3) is 1.00. The van der Waals surface area contributed by atoms with Gasteiger partial charge in [0.15, 0.2) is 0 Å². The van der Waals surface area contributed by atoms with Crippen molar-refractivity contribution in [2.75, 3.05) is 0 Å². The van der Waals surface area contributed by atoms with Crippen molar-refractivity contribution in [2.24, 2.45) is 5.92 Å². The summed E-state index contributed by atoms with van der Waals surface area (Å²) in [7, 11) is 0. The summed E-state index contributed by atoms with van der Waals surface area (Å²) >= 11 is 1.25. The molecule has 0 rings (SSSR count). The van der Waals surface area contributed by atoms with E-state index in [0.29, 0.717) is 13.3 Å². The maximum atomic E-state index is 13.8. The van der Waals surface area contributed by atoms with Crippen LogP contribution in [-0.2, 0) is 0 Å². The molecule has 0 bridgehead atoms. The minimum Gasteiger partial charge on any atom is -0.199 e. The molecule has 2 atom stereocenters. The average molecular weight is 494 g/mol. The van der Waals surface area contributed by atoms with E-state index in [2.05, 4.69) is 0 Å². The molecule has 0 aromatic rings. The zero-order valence-corrected chi connectivity index (χ0v) is 14.5. The number of hydrogen-bond donors (Lipinski definition) is 0. The second kappa shape index (κ2) is 7.29. The van der Waals surface area contributed by atoms with E-state index in [0.717, 1.165) is 0 Å². The van der Waals surface area contributed by atoms with Gasteiger partial charge in [-0.25, -0.2) is 0 Å². The van der Waals surface area contributed by atoms with Crippen LogP contribution in [0.2, 0.25) is 0 Å². The first-order valence-electron chi connectivity index (χ1n) is 6.61. The summed E-state index contributed by atoms with van der Waals surface area (Å²) in [5, 5.41) is 0. The molecule has 0 radical (unpaired) electrons. The van der Waals surface area contributed by atoms with Crippen LogP contribution in [0.15, 0.2) is 0 Å². The second-order valence-electron chi connectivity index (χ2n) is 5.29. The number of halogens is 12. The van der Waals surface area contributed by atoms with Gasteiger partial charge in [-0.1, -0.05) is 49.3 Å². The van der Waals surface area contributed by atoms with E-state index in [4.69, 9.17) is 0 Å². The molecule has 0 aliphatic rings. The fourth-order valence-electron chi connectivity index (χ4n) is 1.75. The number of rotatable bonds is 8. The lowest BCUT2D eigenvalue weighted by atomic mass is 9.87. The van der Waals surface area contributed by atoms with E-state index in [1.165, 1.54) is 22.6 Å². The summed E-state index contributed by atoms with van der Waals surface area (Å²) in [4.78, 5) is 0. The Bertz CT molecular complexity index is 416. The third-order valence-corrected chi connectivity index (χ3v) is 5.21. The molecule has 0 saturated heterocycles. The molecule has 0 aromatic heterocycles. The van der Waals surface area contributed by atoms with Gasteiger partial charge >= 0.3 is 29.9 Å². The van der Waals surface area contributed by atoms with Gasteiger partial charge in [0.1, 0.15) is 0 Å². The molecule has 24 heavy (non-hydrogen) atoms. The molecule has 0 aliphatic carbocycles. The lowest BCUT2D eigenvalue weighted by Gasteiger charge is -2.40. The first-order chi connectivity index (χ1) is 10.4. The molecule has 0 amide bonds. The molecule has 0 nitrogen and oxygen atoms in total. The molecule has 0 saturated carbocycles. The quantitative estimate of drug-likeness (QED) is 0.200. The van der Waals surface area contributed by atoms with Gasteiger partial charge in [0.05, 0.1) is 0 Å². The van der Waals surface area contributed by atoms with E-state index in [1.807, 2.05) is 0 Å². The highest BCUT2D eigenvalue weighted by atomic mass is 127. The van der Waals surface area contributed by atoms with E-state index in [1.54, 1.807) is 6.92 Å². The first kappa shape index (κ1) is 24.0. The lowest BCUT2D eigenvalue weighted by molar-refractivity contribution is -0.426. The van der Waals surface area contributed by atoms with Crippen LogP contribution in [0.5, 0.6) is 0 Å². The van der Waals surface area contributed by atoms with Gasteiger partial charge in [0.25, 0.3) is 0 Å². The smallest absolute Gasteiger partial charge is 0.199 e. The SMILES string of the molecule is CCCCC(I)C(C)C(F)(F)C(F)(F)C(F)(F)C(F)(F)C(F)(F)F. The Labute approximate surface area is 144 Å². The van der Waals surface area contributed by atoms with E-state index in [9.17, 15) is 48.3 Å². The van der Waals surface area contributed by atoms with Crippen molar-refractivity contribution in [1.29, 1.82) is 0 Å². The largest absolute Gasteiger partial charge is 0.460 e. The Morgan fingerprint density at radius 3 is 1.50 bits per heavy atom. The summed E-state index contributed by atoms with van der Waals surface area (Å²) < 4.78 is 141. The molecule has 2 unspecified atom stereocenters. The summed E-state index contributed by atoms with van der Waals surface area (Å²) in [6.07, 6.45) is -6.53. The molecule has 0 spiro atoms. The Morgan fingerprint density at radius 2 is 1.17 bits per heavy atom. The van der Waals surface area contributed by atoms with Gasteiger partial charge < -0.3 is 0 Å². The Kier molecular flexibility index (Phi) is 7.28. The molecular formula is C12H14F11I. The molecule has 0 N–H and O–H groups in total. The highest BCUT2D eigenvalue weighted by Gasteiger charge is 2.87. The third kappa shape index (κ3) is 3.87. The van der Waals surface area contributed by atoms with Crippen molar-refractivity contribution in [3.05, 3.63) is 0 Å². The van der Waals surface area contributed by atoms with Crippen molar-refractivity contribution in [1.82, 2.24) is 0 Å². The van der Waals surface area contributed by atoms with E-state index >= 15 is 0 Å². The zero-order valence-electron chi connectivity index (χ0n) is 12.3. The lowest BCUT2D eigenvalue weighted by Crippen LogP contribution is -2.68. The van der Waals surface area contributed by atoms with Gasteiger partial charge in [-0.3, -0.25) is 0 Å². The van der Waals surface area contributed by atoms with Crippen molar-refractivity contribution < 1.29 is 48.3 Å². The van der Waals surface area contributed by atoms with Gasteiger partial charge in [0, 0.05) is 9.84 Å². The van der Waals surface area contributed by atoms with E-state index < -0.39 is 39.7 Å². The van der Waals surface area contributed by atoms with Gasteiger partial charge in [-0.15, -0.1) is 0 Å². The number of alkyl halides is 12. The minimum absolute atomic E-state index is 0.120. The van der Waals surface area contributed by atoms with Crippen LogP contribution >= 0.6 is 22.6 Å². The predicted molar refractivity (Wildman–Crippen MR) is 72.3 cm³/mol. The standard InChI is InChI=1S/C12H14F11I/c1-3-4-5-7(24)6(2)8(13,14)9(15,16)10(17,18)11(19,20)12(21,22)23/h6-7H,3-5H2,1-2H3. The molecule has 0 fully saturated rings. The molecule has 0 heterocycles. The van der Waals surface area contributed by atoms with Crippen LogP contribution in [0.3, 0.4) is 0 Å². The zero-order chi connectivity index (χ0) is 19.8. The average Bonchev–Trinajstić information content (AvgIpc) is 2.41. The van der Waals surface area contributed by atoms with Crippen LogP contribution < -0.4 is 0 Å². The van der Waals surface area contributed by atoms with Crippen molar-refractivity contribution in [2.45, 2.75) is 66.9 Å². The first-order valence-corrected chi connectivity index (χ1v) is 7.86. The van der Waals surface area contributed by atoms with Gasteiger partial charge in [0.2, 0.25) is 0 Å². The van der Waals surface area contributed by atoms with Gasteiger partial charge in [-0.2, -0.15) is 48.3 Å². The maximum Gasteiger partial charge on any atom is 0.460 e. The minimum atomic E-state index is -7.32. The monoisotopic (exact) mass is 494 g/mol. The van der Waals surface area contributed by atoms with Crippen LogP contribution in [0.4, 0.5) is 48.3 Å². The second-order valence-corrected chi connectivity index (χ2v) is 6.89. The Hall–Kier alpha value is -0.0400. The van der Waals surface area contributed by atoms with Crippen LogP contribution in [0, 0.1) is 5.92 Å². The maximum absolute atomic E-state index is 13.8. The fourth-order valence-corrected chi connectivity index (χ4v) is 2.64. The molecule has 12 heteroatoms. The summed E-state index contributed by atoms with van der Waals surface area (Å²) in [5.74, 6) is -29.9. The van der Waals surface area contributed by atoms with Gasteiger partial charge in [-0.05, 0) is 6.42 Å².